The fourth-order valence-corrected chi connectivity index (χ4v) is 4.63. The van der Waals surface area contributed by atoms with Crippen molar-refractivity contribution in [2.45, 2.75) is 96.6 Å². The number of aromatic nitrogens is 3. The van der Waals surface area contributed by atoms with Gasteiger partial charge < -0.3 is 10.1 Å². The van der Waals surface area contributed by atoms with Crippen molar-refractivity contribution in [2.24, 2.45) is 0 Å². The number of carbonyl (C=O) groups is 2. The normalized spacial score (nSPS) is 18.7. The van der Waals surface area contributed by atoms with Gasteiger partial charge in [0.15, 0.2) is 5.65 Å². The van der Waals surface area contributed by atoms with Crippen molar-refractivity contribution in [3.63, 3.8) is 0 Å². The van der Waals surface area contributed by atoms with Crippen molar-refractivity contribution in [3.05, 3.63) is 23.0 Å². The lowest BCUT2D eigenvalue weighted by molar-refractivity contribution is -0.152. The number of hydrogen-bond acceptors (Lipinski definition) is 5. The smallest absolute Gasteiger partial charge is 0.331 e. The van der Waals surface area contributed by atoms with Crippen LogP contribution in [0.2, 0.25) is 0 Å². The standard InChI is InChI=1S/C24H34N4O3/c1-6-31-22(30)24(12-8-7-9-13-24)26-21(29)17-14-18(16-10-11-16)25-20-19(17)15(2)27-28(20)23(3,4)5/h14,16H,6-13H2,1-5H3,(H,26,29). The second-order valence-corrected chi connectivity index (χ2v) is 10.1. The van der Waals surface area contributed by atoms with E-state index in [9.17, 15) is 9.59 Å². The molecule has 2 saturated carbocycles. The van der Waals surface area contributed by atoms with Gasteiger partial charge in [0.1, 0.15) is 5.54 Å². The highest BCUT2D eigenvalue weighted by molar-refractivity contribution is 6.08. The van der Waals surface area contributed by atoms with Gasteiger partial charge in [-0.15, -0.1) is 0 Å². The molecule has 31 heavy (non-hydrogen) atoms. The number of rotatable bonds is 5. The second-order valence-electron chi connectivity index (χ2n) is 10.1. The molecule has 168 valence electrons. The number of carbonyl (C=O) groups excluding carboxylic acids is 2. The average Bonchev–Trinajstić information content (AvgIpc) is 3.51. The molecule has 7 nitrogen and oxygen atoms in total. The summed E-state index contributed by atoms with van der Waals surface area (Å²) in [5.74, 6) is -0.160. The molecular formula is C24H34N4O3. The number of pyridine rings is 1. The first-order valence-corrected chi connectivity index (χ1v) is 11.6. The van der Waals surface area contributed by atoms with Crippen LogP contribution in [0.25, 0.3) is 11.0 Å². The predicted molar refractivity (Wildman–Crippen MR) is 119 cm³/mol. The van der Waals surface area contributed by atoms with Crippen LogP contribution in [0.3, 0.4) is 0 Å². The highest BCUT2D eigenvalue weighted by atomic mass is 16.5. The van der Waals surface area contributed by atoms with Crippen LogP contribution in [0.1, 0.15) is 100 Å². The van der Waals surface area contributed by atoms with E-state index in [2.05, 4.69) is 26.1 Å². The van der Waals surface area contributed by atoms with Gasteiger partial charge in [-0.1, -0.05) is 19.3 Å². The molecule has 4 rings (SSSR count). The van der Waals surface area contributed by atoms with Gasteiger partial charge in [0.05, 0.1) is 28.8 Å². The quantitative estimate of drug-likeness (QED) is 0.718. The van der Waals surface area contributed by atoms with Crippen LogP contribution in [0.4, 0.5) is 0 Å². The number of ether oxygens (including phenoxy) is 1. The number of fused-ring (bicyclic) bond motifs is 1. The fourth-order valence-electron chi connectivity index (χ4n) is 4.63. The van der Waals surface area contributed by atoms with E-state index in [4.69, 9.17) is 14.8 Å². The van der Waals surface area contributed by atoms with Gasteiger partial charge >= 0.3 is 5.97 Å². The molecule has 0 saturated heterocycles. The summed E-state index contributed by atoms with van der Waals surface area (Å²) >= 11 is 0. The monoisotopic (exact) mass is 426 g/mol. The molecule has 1 N–H and O–H groups in total. The Kier molecular flexibility index (Phi) is 5.56. The van der Waals surface area contributed by atoms with Crippen LogP contribution >= 0.6 is 0 Å². The molecule has 1 amide bonds. The van der Waals surface area contributed by atoms with E-state index in [1.165, 1.54) is 0 Å². The summed E-state index contributed by atoms with van der Waals surface area (Å²) in [7, 11) is 0. The van der Waals surface area contributed by atoms with Crippen molar-refractivity contribution in [1.29, 1.82) is 0 Å². The number of nitrogens with zero attached hydrogens (tertiary/aromatic N) is 3. The highest BCUT2D eigenvalue weighted by Gasteiger charge is 2.43. The van der Waals surface area contributed by atoms with E-state index < -0.39 is 5.54 Å². The molecule has 0 aliphatic heterocycles. The van der Waals surface area contributed by atoms with Crippen LogP contribution in [0.5, 0.6) is 0 Å². The Morgan fingerprint density at radius 1 is 1.23 bits per heavy atom. The van der Waals surface area contributed by atoms with Crippen molar-refractivity contribution < 1.29 is 14.3 Å². The summed E-state index contributed by atoms with van der Waals surface area (Å²) < 4.78 is 7.29. The van der Waals surface area contributed by atoms with E-state index in [0.717, 1.165) is 54.5 Å². The van der Waals surface area contributed by atoms with Gasteiger partial charge in [0.25, 0.3) is 5.91 Å². The Hall–Kier alpha value is -2.44. The van der Waals surface area contributed by atoms with Crippen LogP contribution in [0, 0.1) is 6.92 Å². The van der Waals surface area contributed by atoms with E-state index >= 15 is 0 Å². The molecule has 2 fully saturated rings. The molecule has 0 bridgehead atoms. The molecule has 2 aromatic rings. The maximum atomic E-state index is 13.7. The lowest BCUT2D eigenvalue weighted by Crippen LogP contribution is -2.56. The minimum Gasteiger partial charge on any atom is -0.464 e. The van der Waals surface area contributed by atoms with E-state index in [1.54, 1.807) is 6.92 Å². The first kappa shape index (κ1) is 21.8. The zero-order valence-corrected chi connectivity index (χ0v) is 19.4. The van der Waals surface area contributed by atoms with Crippen LogP contribution < -0.4 is 5.32 Å². The molecule has 0 atom stereocenters. The molecular weight excluding hydrogens is 392 g/mol. The minimum absolute atomic E-state index is 0.235. The topological polar surface area (TPSA) is 86.1 Å². The summed E-state index contributed by atoms with van der Waals surface area (Å²) in [6, 6.07) is 1.92. The highest BCUT2D eigenvalue weighted by Crippen LogP contribution is 2.41. The lowest BCUT2D eigenvalue weighted by atomic mass is 9.81. The Balaban J connectivity index is 1.80. The number of amides is 1. The van der Waals surface area contributed by atoms with Gasteiger partial charge in [-0.2, -0.15) is 5.10 Å². The predicted octanol–water partition coefficient (Wildman–Crippen LogP) is 4.37. The Morgan fingerprint density at radius 3 is 2.48 bits per heavy atom. The zero-order valence-electron chi connectivity index (χ0n) is 19.4. The Labute approximate surface area is 183 Å². The average molecular weight is 427 g/mol. The zero-order chi connectivity index (χ0) is 22.4. The molecule has 7 heteroatoms. The summed E-state index contributed by atoms with van der Waals surface area (Å²) in [6.45, 7) is 10.3. The van der Waals surface area contributed by atoms with Crippen molar-refractivity contribution >= 4 is 22.9 Å². The third-order valence-electron chi connectivity index (χ3n) is 6.43. The largest absolute Gasteiger partial charge is 0.464 e. The summed E-state index contributed by atoms with van der Waals surface area (Å²) in [6.07, 6.45) is 6.28. The van der Waals surface area contributed by atoms with Crippen molar-refractivity contribution in [2.75, 3.05) is 6.61 Å². The maximum absolute atomic E-state index is 13.7. The molecule has 2 aliphatic rings. The van der Waals surface area contributed by atoms with Gasteiger partial charge in [-0.3, -0.25) is 4.79 Å². The molecule has 0 spiro atoms. The van der Waals surface area contributed by atoms with E-state index in [1.807, 2.05) is 17.7 Å². The molecule has 2 aliphatic carbocycles. The lowest BCUT2D eigenvalue weighted by Gasteiger charge is -2.35. The first-order chi connectivity index (χ1) is 14.7. The van der Waals surface area contributed by atoms with E-state index in [-0.39, 0.29) is 17.4 Å². The first-order valence-electron chi connectivity index (χ1n) is 11.6. The minimum atomic E-state index is -0.950. The molecule has 2 aromatic heterocycles. The van der Waals surface area contributed by atoms with Gasteiger partial charge in [-0.25, -0.2) is 14.5 Å². The molecule has 0 aromatic carbocycles. The molecule has 0 unspecified atom stereocenters. The SMILES string of the molecule is CCOC(=O)C1(NC(=O)c2cc(C3CC3)nc3c2c(C)nn3C(C)(C)C)CCCCC1. The third kappa shape index (κ3) is 4.06. The molecule has 0 radical (unpaired) electrons. The van der Waals surface area contributed by atoms with Gasteiger partial charge in [0.2, 0.25) is 0 Å². The summed E-state index contributed by atoms with van der Waals surface area (Å²) in [5.41, 5.74) is 1.82. The Bertz CT molecular complexity index is 1010. The second kappa shape index (κ2) is 7.92. The Morgan fingerprint density at radius 2 is 1.90 bits per heavy atom. The number of aryl methyl sites for hydroxylation is 1. The van der Waals surface area contributed by atoms with Crippen molar-refractivity contribution in [1.82, 2.24) is 20.1 Å². The number of hydrogen-bond donors (Lipinski definition) is 1. The van der Waals surface area contributed by atoms with Crippen molar-refractivity contribution in [3.8, 4) is 0 Å². The summed E-state index contributed by atoms with van der Waals surface area (Å²) in [5, 5.41) is 8.62. The maximum Gasteiger partial charge on any atom is 0.331 e. The summed E-state index contributed by atoms with van der Waals surface area (Å²) in [4.78, 5) is 31.5. The number of esters is 1. The van der Waals surface area contributed by atoms with Gasteiger partial charge in [0, 0.05) is 11.6 Å². The van der Waals surface area contributed by atoms with Crippen LogP contribution in [-0.2, 0) is 15.1 Å². The fraction of sp³-hybridized carbons (Fsp3) is 0.667. The van der Waals surface area contributed by atoms with Crippen LogP contribution in [0.15, 0.2) is 6.07 Å². The molecule has 2 heterocycles. The third-order valence-corrected chi connectivity index (χ3v) is 6.43. The number of nitrogens with one attached hydrogen (secondary N) is 1. The van der Waals surface area contributed by atoms with E-state index in [0.29, 0.717) is 30.9 Å². The van der Waals surface area contributed by atoms with Crippen LogP contribution in [-0.4, -0.2) is 38.8 Å². The van der Waals surface area contributed by atoms with Gasteiger partial charge in [-0.05, 0) is 66.4 Å².